The zero-order valence-electron chi connectivity index (χ0n) is 15.4. The Morgan fingerprint density at radius 1 is 1.19 bits per heavy atom. The number of fused-ring (bicyclic) bond motifs is 1. The van der Waals surface area contributed by atoms with Gasteiger partial charge in [0.2, 0.25) is 6.10 Å². The Morgan fingerprint density at radius 3 is 2.52 bits per heavy atom. The second-order valence-electron chi connectivity index (χ2n) is 6.17. The highest BCUT2D eigenvalue weighted by Crippen LogP contribution is 2.38. The molecule has 1 aromatic carbocycles. The number of pyridine rings is 1. The highest BCUT2D eigenvalue weighted by molar-refractivity contribution is 5.99. The number of carbonyl (C=O) groups is 1. The van der Waals surface area contributed by atoms with Crippen LogP contribution in [0.2, 0.25) is 0 Å². The minimum absolute atomic E-state index is 0.202. The van der Waals surface area contributed by atoms with Crippen LogP contribution in [0.1, 0.15) is 25.5 Å². The average Bonchev–Trinajstić information content (AvgIpc) is 2.70. The number of benzene rings is 1. The van der Waals surface area contributed by atoms with E-state index in [4.69, 9.17) is 4.74 Å². The van der Waals surface area contributed by atoms with Gasteiger partial charge in [0.15, 0.2) is 5.75 Å². The van der Waals surface area contributed by atoms with Crippen molar-refractivity contribution in [2.75, 3.05) is 31.1 Å². The molecule has 1 aliphatic rings. The van der Waals surface area contributed by atoms with Gasteiger partial charge in [-0.25, -0.2) is 0 Å². The van der Waals surface area contributed by atoms with E-state index in [0.717, 1.165) is 18.7 Å². The summed E-state index contributed by atoms with van der Waals surface area (Å²) in [5.41, 5.74) is 0.736. The van der Waals surface area contributed by atoms with Gasteiger partial charge in [-0.05, 0) is 29.1 Å². The molecule has 0 spiro atoms. The maximum atomic E-state index is 13.1. The van der Waals surface area contributed by atoms with E-state index < -0.39 is 11.0 Å². The lowest BCUT2D eigenvalue weighted by Crippen LogP contribution is -2.45. The van der Waals surface area contributed by atoms with E-state index in [9.17, 15) is 14.9 Å². The van der Waals surface area contributed by atoms with Gasteiger partial charge in [0, 0.05) is 24.7 Å². The zero-order chi connectivity index (χ0) is 19.4. The molecule has 2 heterocycles. The minimum atomic E-state index is -0.793. The average molecular weight is 370 g/mol. The third-order valence-electron chi connectivity index (χ3n) is 4.64. The Balaban J connectivity index is 1.98. The van der Waals surface area contributed by atoms with Crippen molar-refractivity contribution in [2.45, 2.75) is 20.0 Å². The SMILES string of the molecule is CCN(CC)CCN1C(=O)C(c2ccccc2)Oc2ccc([N+](=O)[O-])nc21. The first-order chi connectivity index (χ1) is 13.0. The van der Waals surface area contributed by atoms with Crippen molar-refractivity contribution in [2.24, 2.45) is 0 Å². The minimum Gasteiger partial charge on any atom is -0.469 e. The maximum Gasteiger partial charge on any atom is 0.366 e. The molecule has 0 bridgehead atoms. The number of rotatable bonds is 7. The number of aromatic nitrogens is 1. The molecular weight excluding hydrogens is 348 g/mol. The van der Waals surface area contributed by atoms with Gasteiger partial charge in [-0.2, -0.15) is 0 Å². The van der Waals surface area contributed by atoms with Crippen LogP contribution in [0.15, 0.2) is 42.5 Å². The molecule has 0 fully saturated rings. The smallest absolute Gasteiger partial charge is 0.366 e. The van der Waals surface area contributed by atoms with Crippen LogP contribution in [0, 0.1) is 10.1 Å². The van der Waals surface area contributed by atoms with Crippen LogP contribution in [0.25, 0.3) is 0 Å². The first kappa shape index (κ1) is 18.8. The molecule has 1 aliphatic heterocycles. The summed E-state index contributed by atoms with van der Waals surface area (Å²) < 4.78 is 5.86. The number of amides is 1. The van der Waals surface area contributed by atoms with Crippen molar-refractivity contribution in [1.29, 1.82) is 0 Å². The molecular formula is C19H22N4O4. The predicted molar refractivity (Wildman–Crippen MR) is 101 cm³/mol. The monoisotopic (exact) mass is 370 g/mol. The first-order valence-electron chi connectivity index (χ1n) is 8.95. The summed E-state index contributed by atoms with van der Waals surface area (Å²) in [4.78, 5) is 31.4. The van der Waals surface area contributed by atoms with Crippen molar-refractivity contribution < 1.29 is 14.5 Å². The summed E-state index contributed by atoms with van der Waals surface area (Å²) >= 11 is 0. The normalized spacial score (nSPS) is 16.2. The van der Waals surface area contributed by atoms with Gasteiger partial charge in [0.25, 0.3) is 11.7 Å². The summed E-state index contributed by atoms with van der Waals surface area (Å²) in [7, 11) is 0. The van der Waals surface area contributed by atoms with Crippen molar-refractivity contribution in [3.05, 3.63) is 58.1 Å². The van der Waals surface area contributed by atoms with Gasteiger partial charge in [0.05, 0.1) is 0 Å². The predicted octanol–water partition coefficient (Wildman–Crippen LogP) is 2.80. The van der Waals surface area contributed by atoms with E-state index in [0.29, 0.717) is 18.8 Å². The molecule has 27 heavy (non-hydrogen) atoms. The maximum absolute atomic E-state index is 13.1. The molecule has 0 radical (unpaired) electrons. The number of nitrogens with zero attached hydrogens (tertiary/aromatic N) is 4. The molecule has 8 nitrogen and oxygen atoms in total. The van der Waals surface area contributed by atoms with E-state index in [1.807, 2.05) is 30.3 Å². The number of nitro groups is 1. The number of hydrogen-bond donors (Lipinski definition) is 0. The lowest BCUT2D eigenvalue weighted by Gasteiger charge is -2.32. The summed E-state index contributed by atoms with van der Waals surface area (Å²) in [6, 6.07) is 12.0. The van der Waals surface area contributed by atoms with Crippen molar-refractivity contribution in [3.63, 3.8) is 0 Å². The fourth-order valence-electron chi connectivity index (χ4n) is 3.07. The van der Waals surface area contributed by atoms with Gasteiger partial charge in [-0.15, -0.1) is 0 Å². The van der Waals surface area contributed by atoms with Crippen molar-refractivity contribution in [1.82, 2.24) is 9.88 Å². The van der Waals surface area contributed by atoms with Crippen LogP contribution >= 0.6 is 0 Å². The summed E-state index contributed by atoms with van der Waals surface area (Å²) in [5.74, 6) is -0.00728. The van der Waals surface area contributed by atoms with E-state index in [1.54, 1.807) is 0 Å². The van der Waals surface area contributed by atoms with Crippen LogP contribution in [0.4, 0.5) is 11.6 Å². The van der Waals surface area contributed by atoms with Gasteiger partial charge >= 0.3 is 5.82 Å². The van der Waals surface area contributed by atoms with Gasteiger partial charge in [-0.3, -0.25) is 9.69 Å². The third-order valence-corrected chi connectivity index (χ3v) is 4.64. The number of ether oxygens (including phenoxy) is 1. The standard InChI is InChI=1S/C19H22N4O4/c1-3-21(4-2)12-13-22-18-15(10-11-16(20-18)23(25)26)27-17(19(22)24)14-8-6-5-7-9-14/h5-11,17H,3-4,12-13H2,1-2H3. The molecule has 0 saturated heterocycles. The number of carbonyl (C=O) groups excluding carboxylic acids is 1. The molecule has 0 N–H and O–H groups in total. The van der Waals surface area contributed by atoms with E-state index in [1.165, 1.54) is 17.0 Å². The Kier molecular flexibility index (Phi) is 5.66. The molecule has 1 atom stereocenters. The van der Waals surface area contributed by atoms with E-state index in [2.05, 4.69) is 23.7 Å². The molecule has 0 saturated carbocycles. The van der Waals surface area contributed by atoms with Gasteiger partial charge in [-0.1, -0.05) is 44.2 Å². The first-order valence-corrected chi connectivity index (χ1v) is 8.95. The Bertz CT molecular complexity index is 824. The topological polar surface area (TPSA) is 88.8 Å². The molecule has 8 heteroatoms. The second kappa shape index (κ2) is 8.13. The molecule has 1 unspecified atom stereocenters. The van der Waals surface area contributed by atoms with Crippen LogP contribution in [-0.4, -0.2) is 46.9 Å². The highest BCUT2D eigenvalue weighted by atomic mass is 16.6. The van der Waals surface area contributed by atoms with Gasteiger partial charge in [0.1, 0.15) is 0 Å². The van der Waals surface area contributed by atoms with Crippen LogP contribution in [0.5, 0.6) is 5.75 Å². The molecule has 0 aliphatic carbocycles. The molecule has 3 rings (SSSR count). The van der Waals surface area contributed by atoms with Crippen molar-refractivity contribution >= 4 is 17.5 Å². The molecule has 2 aromatic rings. The molecule has 1 amide bonds. The molecule has 1 aromatic heterocycles. The van der Waals surface area contributed by atoms with Crippen LogP contribution in [0.3, 0.4) is 0 Å². The number of likely N-dealkylation sites (N-methyl/N-ethyl adjacent to an activating group) is 1. The second-order valence-corrected chi connectivity index (χ2v) is 6.17. The van der Waals surface area contributed by atoms with Crippen LogP contribution in [-0.2, 0) is 4.79 Å². The highest BCUT2D eigenvalue weighted by Gasteiger charge is 2.39. The fraction of sp³-hybridized carbons (Fsp3) is 0.368. The summed E-state index contributed by atoms with van der Waals surface area (Å²) in [6.07, 6.45) is -0.793. The van der Waals surface area contributed by atoms with Gasteiger partial charge < -0.3 is 19.8 Å². The lowest BCUT2D eigenvalue weighted by atomic mass is 10.1. The van der Waals surface area contributed by atoms with Crippen molar-refractivity contribution in [3.8, 4) is 5.75 Å². The number of hydrogen-bond acceptors (Lipinski definition) is 6. The van der Waals surface area contributed by atoms with E-state index in [-0.39, 0.29) is 17.5 Å². The quantitative estimate of drug-likeness (QED) is 0.550. The lowest BCUT2D eigenvalue weighted by molar-refractivity contribution is -0.389. The largest absolute Gasteiger partial charge is 0.469 e. The number of anilines is 1. The Labute approximate surface area is 157 Å². The Hall–Kier alpha value is -3.00. The zero-order valence-corrected chi connectivity index (χ0v) is 15.4. The Morgan fingerprint density at radius 2 is 1.89 bits per heavy atom. The summed E-state index contributed by atoms with van der Waals surface area (Å²) in [6.45, 7) is 6.83. The summed E-state index contributed by atoms with van der Waals surface area (Å²) in [5, 5.41) is 11.1. The fourth-order valence-corrected chi connectivity index (χ4v) is 3.07. The third kappa shape index (κ3) is 3.90. The van der Waals surface area contributed by atoms with Crippen LogP contribution < -0.4 is 9.64 Å². The molecule has 142 valence electrons. The van der Waals surface area contributed by atoms with E-state index >= 15 is 0 Å².